The van der Waals surface area contributed by atoms with E-state index in [0.29, 0.717) is 0 Å². The number of guanidine groups is 1. The summed E-state index contributed by atoms with van der Waals surface area (Å²) in [6.45, 7) is 7.80. The van der Waals surface area contributed by atoms with Crippen LogP contribution < -0.4 is 10.6 Å². The fourth-order valence-electron chi connectivity index (χ4n) is 3.80. The summed E-state index contributed by atoms with van der Waals surface area (Å²) < 4.78 is 0. The Balaban J connectivity index is 1.40. The summed E-state index contributed by atoms with van der Waals surface area (Å²) >= 11 is 0. The van der Waals surface area contributed by atoms with Gasteiger partial charge < -0.3 is 15.5 Å². The smallest absolute Gasteiger partial charge is 0.191 e. The number of nitrogens with one attached hydrogen (secondary N) is 2. The average molecular weight is 344 g/mol. The molecule has 0 saturated carbocycles. The highest BCUT2D eigenvalue weighted by Crippen LogP contribution is 2.14. The molecule has 25 heavy (non-hydrogen) atoms. The zero-order valence-electron chi connectivity index (χ0n) is 15.8. The van der Waals surface area contributed by atoms with Crippen molar-refractivity contribution in [1.29, 1.82) is 0 Å². The Morgan fingerprint density at radius 2 is 1.80 bits per heavy atom. The highest BCUT2D eigenvalue weighted by Gasteiger charge is 2.19. The zero-order chi connectivity index (χ0) is 17.5. The summed E-state index contributed by atoms with van der Waals surface area (Å²) in [5, 5.41) is 6.90. The molecule has 1 unspecified atom stereocenters. The van der Waals surface area contributed by atoms with E-state index in [9.17, 15) is 0 Å². The summed E-state index contributed by atoms with van der Waals surface area (Å²) in [4.78, 5) is 9.28. The standard InChI is InChI=1S/C20H33N5/c1-21-20(23-14-19-9-12-24(2)15-19)22-13-17-5-7-18(8-6-17)16-25-10-3-4-11-25/h5-8,19H,3-4,9-16H2,1-2H3,(H2,21,22,23). The molecule has 0 radical (unpaired) electrons. The second-order valence-corrected chi connectivity index (χ2v) is 7.52. The van der Waals surface area contributed by atoms with Gasteiger partial charge in [0, 0.05) is 33.2 Å². The highest BCUT2D eigenvalue weighted by atomic mass is 15.2. The van der Waals surface area contributed by atoms with E-state index < -0.39 is 0 Å². The van der Waals surface area contributed by atoms with Crippen molar-refractivity contribution < 1.29 is 0 Å². The van der Waals surface area contributed by atoms with Crippen LogP contribution in [0.4, 0.5) is 0 Å². The third-order valence-electron chi connectivity index (χ3n) is 5.36. The maximum atomic E-state index is 4.34. The minimum atomic E-state index is 0.730. The maximum absolute atomic E-state index is 4.34. The summed E-state index contributed by atoms with van der Waals surface area (Å²) in [5.74, 6) is 1.63. The number of nitrogens with zero attached hydrogens (tertiary/aromatic N) is 3. The Kier molecular flexibility index (Phi) is 6.70. The van der Waals surface area contributed by atoms with E-state index in [1.165, 1.54) is 56.6 Å². The average Bonchev–Trinajstić information content (AvgIpc) is 3.28. The Morgan fingerprint density at radius 3 is 2.44 bits per heavy atom. The second kappa shape index (κ2) is 9.20. The molecule has 138 valence electrons. The molecule has 2 saturated heterocycles. The van der Waals surface area contributed by atoms with Crippen molar-refractivity contribution in [2.75, 3.05) is 46.8 Å². The molecule has 1 aromatic carbocycles. The van der Waals surface area contributed by atoms with Gasteiger partial charge in [0.15, 0.2) is 5.96 Å². The number of hydrogen-bond acceptors (Lipinski definition) is 3. The Bertz CT molecular complexity index is 548. The van der Waals surface area contributed by atoms with Crippen molar-refractivity contribution in [2.45, 2.75) is 32.4 Å². The summed E-state index contributed by atoms with van der Waals surface area (Å²) in [6.07, 6.45) is 3.98. The van der Waals surface area contributed by atoms with Gasteiger partial charge in [0.1, 0.15) is 0 Å². The van der Waals surface area contributed by atoms with Crippen LogP contribution >= 0.6 is 0 Å². The molecule has 2 fully saturated rings. The van der Waals surface area contributed by atoms with Gasteiger partial charge in [-0.25, -0.2) is 0 Å². The van der Waals surface area contributed by atoms with Gasteiger partial charge in [0.25, 0.3) is 0 Å². The lowest BCUT2D eigenvalue weighted by atomic mass is 10.1. The molecule has 2 N–H and O–H groups in total. The van der Waals surface area contributed by atoms with Gasteiger partial charge in [-0.15, -0.1) is 0 Å². The van der Waals surface area contributed by atoms with Crippen molar-refractivity contribution >= 4 is 5.96 Å². The van der Waals surface area contributed by atoms with Crippen LogP contribution in [0.5, 0.6) is 0 Å². The zero-order valence-corrected chi connectivity index (χ0v) is 15.8. The first-order valence-corrected chi connectivity index (χ1v) is 9.66. The lowest BCUT2D eigenvalue weighted by molar-refractivity contribution is 0.331. The Morgan fingerprint density at radius 1 is 1.08 bits per heavy atom. The van der Waals surface area contributed by atoms with Gasteiger partial charge in [-0.1, -0.05) is 24.3 Å². The van der Waals surface area contributed by atoms with Crippen molar-refractivity contribution in [1.82, 2.24) is 20.4 Å². The fraction of sp³-hybridized carbons (Fsp3) is 0.650. The van der Waals surface area contributed by atoms with Gasteiger partial charge in [-0.2, -0.15) is 0 Å². The molecule has 5 heteroatoms. The molecule has 0 aliphatic carbocycles. The first kappa shape index (κ1) is 18.2. The van der Waals surface area contributed by atoms with Crippen molar-refractivity contribution in [3.05, 3.63) is 35.4 Å². The summed E-state index contributed by atoms with van der Waals surface area (Å²) in [5.41, 5.74) is 2.72. The predicted octanol–water partition coefficient (Wildman–Crippen LogP) is 1.90. The van der Waals surface area contributed by atoms with Crippen LogP contribution in [0.1, 0.15) is 30.4 Å². The molecule has 5 nitrogen and oxygen atoms in total. The molecule has 0 aromatic heterocycles. The lowest BCUT2D eigenvalue weighted by Gasteiger charge is -2.16. The molecule has 0 bridgehead atoms. The van der Waals surface area contributed by atoms with E-state index in [2.05, 4.69) is 56.7 Å². The molecular weight excluding hydrogens is 310 g/mol. The topological polar surface area (TPSA) is 42.9 Å². The van der Waals surface area contributed by atoms with Crippen LogP contribution in [-0.2, 0) is 13.1 Å². The van der Waals surface area contributed by atoms with Gasteiger partial charge in [0.2, 0.25) is 0 Å². The molecule has 2 heterocycles. The maximum Gasteiger partial charge on any atom is 0.191 e. The number of rotatable bonds is 6. The fourth-order valence-corrected chi connectivity index (χ4v) is 3.80. The van der Waals surface area contributed by atoms with Gasteiger partial charge >= 0.3 is 0 Å². The van der Waals surface area contributed by atoms with Crippen molar-refractivity contribution in [3.63, 3.8) is 0 Å². The highest BCUT2D eigenvalue weighted by molar-refractivity contribution is 5.79. The molecule has 0 spiro atoms. The van der Waals surface area contributed by atoms with Gasteiger partial charge in [0.05, 0.1) is 0 Å². The van der Waals surface area contributed by atoms with E-state index in [1.54, 1.807) is 0 Å². The lowest BCUT2D eigenvalue weighted by Crippen LogP contribution is -2.39. The molecule has 0 amide bonds. The monoisotopic (exact) mass is 343 g/mol. The van der Waals surface area contributed by atoms with Crippen LogP contribution in [0.3, 0.4) is 0 Å². The molecule has 2 aliphatic rings. The number of hydrogen-bond donors (Lipinski definition) is 2. The van der Waals surface area contributed by atoms with Crippen LogP contribution in [0, 0.1) is 5.92 Å². The van der Waals surface area contributed by atoms with E-state index in [0.717, 1.165) is 31.5 Å². The minimum absolute atomic E-state index is 0.730. The number of benzene rings is 1. The molecule has 3 rings (SSSR count). The Hall–Kier alpha value is -1.59. The third-order valence-corrected chi connectivity index (χ3v) is 5.36. The summed E-state index contributed by atoms with van der Waals surface area (Å²) in [6, 6.07) is 9.00. The largest absolute Gasteiger partial charge is 0.356 e. The van der Waals surface area contributed by atoms with Crippen LogP contribution in [0.15, 0.2) is 29.3 Å². The van der Waals surface area contributed by atoms with Gasteiger partial charge in [-0.05, 0) is 63.0 Å². The van der Waals surface area contributed by atoms with Crippen molar-refractivity contribution in [3.8, 4) is 0 Å². The normalized spacial score (nSPS) is 22.5. The summed E-state index contributed by atoms with van der Waals surface area (Å²) in [7, 11) is 4.04. The molecule has 1 aromatic rings. The van der Waals surface area contributed by atoms with Crippen LogP contribution in [0.25, 0.3) is 0 Å². The first-order chi connectivity index (χ1) is 12.2. The van der Waals surface area contributed by atoms with Crippen LogP contribution in [-0.4, -0.2) is 62.6 Å². The Labute approximate surface area is 152 Å². The SMILES string of the molecule is CN=C(NCc1ccc(CN2CCCC2)cc1)NCC1CCN(C)C1. The second-order valence-electron chi connectivity index (χ2n) is 7.52. The third kappa shape index (κ3) is 5.72. The van der Waals surface area contributed by atoms with E-state index in [1.807, 2.05) is 7.05 Å². The number of aliphatic imine (C=N–C) groups is 1. The van der Waals surface area contributed by atoms with E-state index in [-0.39, 0.29) is 0 Å². The molecule has 1 atom stereocenters. The predicted molar refractivity (Wildman–Crippen MR) is 105 cm³/mol. The van der Waals surface area contributed by atoms with Crippen molar-refractivity contribution in [2.24, 2.45) is 10.9 Å². The first-order valence-electron chi connectivity index (χ1n) is 9.66. The molecular formula is C20H33N5. The molecule has 2 aliphatic heterocycles. The van der Waals surface area contributed by atoms with Crippen LogP contribution in [0.2, 0.25) is 0 Å². The van der Waals surface area contributed by atoms with Gasteiger partial charge in [-0.3, -0.25) is 9.89 Å². The minimum Gasteiger partial charge on any atom is -0.356 e. The quantitative estimate of drug-likeness (QED) is 0.612. The number of likely N-dealkylation sites (tertiary alicyclic amines) is 2. The van der Waals surface area contributed by atoms with E-state index in [4.69, 9.17) is 0 Å². The van der Waals surface area contributed by atoms with E-state index >= 15 is 0 Å².